The Bertz CT molecular complexity index is 2660. The number of rotatable bonds is 2. The van der Waals surface area contributed by atoms with E-state index >= 15 is 0 Å². The third-order valence-corrected chi connectivity index (χ3v) is 9.64. The van der Waals surface area contributed by atoms with Crippen LogP contribution in [0.2, 0.25) is 0 Å². The van der Waals surface area contributed by atoms with Gasteiger partial charge in [-0.15, -0.1) is 0 Å². The molecule has 10 rings (SSSR count). The summed E-state index contributed by atoms with van der Waals surface area (Å²) in [5.74, 6) is 1.86. The van der Waals surface area contributed by atoms with Crippen LogP contribution in [0.3, 0.4) is 0 Å². The zero-order chi connectivity index (χ0) is 29.5. The summed E-state index contributed by atoms with van der Waals surface area (Å²) in [6, 6.07) is 57.3. The number of hydrogen-bond donors (Lipinski definition) is 0. The molecule has 0 spiro atoms. The fourth-order valence-electron chi connectivity index (χ4n) is 7.56. The first-order valence-corrected chi connectivity index (χ1v) is 15.5. The number of benzene rings is 9. The second kappa shape index (κ2) is 9.29. The molecule has 9 aromatic rings. The molecule has 1 nitrogen and oxygen atoms in total. The Hall–Kier alpha value is -5.92. The number of ether oxygens (including phenoxy) is 1. The van der Waals surface area contributed by atoms with Crippen LogP contribution in [0, 0.1) is 0 Å². The Balaban J connectivity index is 1.15. The predicted octanol–water partition coefficient (Wildman–Crippen LogP) is 12.6. The van der Waals surface area contributed by atoms with E-state index in [2.05, 4.69) is 158 Å². The second-order valence-electron chi connectivity index (χ2n) is 12.0. The first kappa shape index (κ1) is 24.5. The van der Waals surface area contributed by atoms with Crippen LogP contribution >= 0.6 is 0 Å². The summed E-state index contributed by atoms with van der Waals surface area (Å²) in [7, 11) is 0. The highest BCUT2D eigenvalue weighted by molar-refractivity contribution is 6.20. The molecule has 0 fully saturated rings. The molecule has 0 aliphatic carbocycles. The van der Waals surface area contributed by atoms with E-state index in [0.717, 1.165) is 22.4 Å². The average Bonchev–Trinajstić information content (AvgIpc) is 3.11. The molecule has 0 saturated carbocycles. The third kappa shape index (κ3) is 3.56. The Morgan fingerprint density at radius 2 is 0.978 bits per heavy atom. The van der Waals surface area contributed by atoms with Gasteiger partial charge in [-0.05, 0) is 89.1 Å². The molecule has 1 aliphatic heterocycles. The molecule has 9 aromatic carbocycles. The topological polar surface area (TPSA) is 9.23 Å². The third-order valence-electron chi connectivity index (χ3n) is 9.64. The van der Waals surface area contributed by atoms with Crippen molar-refractivity contribution in [3.8, 4) is 44.9 Å². The Kier molecular flexibility index (Phi) is 5.06. The Morgan fingerprint density at radius 1 is 0.333 bits per heavy atom. The lowest BCUT2D eigenvalue weighted by molar-refractivity contribution is 0.493. The van der Waals surface area contributed by atoms with Crippen molar-refractivity contribution < 1.29 is 4.74 Å². The molecular formula is C44H26O. The van der Waals surface area contributed by atoms with Crippen LogP contribution < -0.4 is 4.74 Å². The van der Waals surface area contributed by atoms with E-state index in [4.69, 9.17) is 4.74 Å². The van der Waals surface area contributed by atoms with Gasteiger partial charge in [0.25, 0.3) is 0 Å². The monoisotopic (exact) mass is 570 g/mol. The van der Waals surface area contributed by atoms with Crippen molar-refractivity contribution in [2.24, 2.45) is 0 Å². The van der Waals surface area contributed by atoms with Crippen LogP contribution in [0.25, 0.3) is 87.2 Å². The van der Waals surface area contributed by atoms with Crippen LogP contribution in [-0.2, 0) is 0 Å². The molecule has 208 valence electrons. The summed E-state index contributed by atoms with van der Waals surface area (Å²) in [5.41, 5.74) is 7.29. The SMILES string of the molecule is c1ccc2c3c(ccc2c1)-c1cccc2c(-c4ccc(-c5c6ccccc6cc6c5ccc5ccccc56)cc4)ccc(c12)O3. The largest absolute Gasteiger partial charge is 0.455 e. The minimum Gasteiger partial charge on any atom is -0.455 e. The summed E-state index contributed by atoms with van der Waals surface area (Å²) in [6.07, 6.45) is 0. The molecule has 0 saturated heterocycles. The summed E-state index contributed by atoms with van der Waals surface area (Å²) < 4.78 is 6.64. The van der Waals surface area contributed by atoms with Crippen molar-refractivity contribution in [1.82, 2.24) is 0 Å². The van der Waals surface area contributed by atoms with Crippen molar-refractivity contribution in [3.05, 3.63) is 158 Å². The van der Waals surface area contributed by atoms with E-state index in [9.17, 15) is 0 Å². The molecule has 45 heavy (non-hydrogen) atoms. The normalized spacial score (nSPS) is 12.2. The van der Waals surface area contributed by atoms with Crippen LogP contribution in [0.1, 0.15) is 0 Å². The van der Waals surface area contributed by atoms with E-state index in [0.29, 0.717) is 0 Å². The van der Waals surface area contributed by atoms with Gasteiger partial charge in [-0.1, -0.05) is 140 Å². The quantitative estimate of drug-likeness (QED) is 0.148. The number of fused-ring (bicyclic) bond motifs is 8. The van der Waals surface area contributed by atoms with E-state index in [-0.39, 0.29) is 0 Å². The molecule has 0 N–H and O–H groups in total. The molecule has 0 aromatic heterocycles. The van der Waals surface area contributed by atoms with Crippen LogP contribution in [0.4, 0.5) is 0 Å². The first-order valence-electron chi connectivity index (χ1n) is 15.5. The minimum absolute atomic E-state index is 0.916. The minimum atomic E-state index is 0.916. The summed E-state index contributed by atoms with van der Waals surface area (Å²) in [4.78, 5) is 0. The molecule has 0 atom stereocenters. The van der Waals surface area contributed by atoms with Crippen molar-refractivity contribution in [2.45, 2.75) is 0 Å². The van der Waals surface area contributed by atoms with Gasteiger partial charge in [0.15, 0.2) is 0 Å². The summed E-state index contributed by atoms with van der Waals surface area (Å²) >= 11 is 0. The summed E-state index contributed by atoms with van der Waals surface area (Å²) in [5, 5.41) is 12.4. The van der Waals surface area contributed by atoms with Gasteiger partial charge in [0.05, 0.1) is 0 Å². The highest BCUT2D eigenvalue weighted by atomic mass is 16.5. The molecule has 1 heteroatoms. The van der Waals surface area contributed by atoms with Gasteiger partial charge in [-0.3, -0.25) is 0 Å². The van der Waals surface area contributed by atoms with E-state index in [1.54, 1.807) is 0 Å². The van der Waals surface area contributed by atoms with E-state index in [1.807, 2.05) is 0 Å². The molecular weight excluding hydrogens is 544 g/mol. The van der Waals surface area contributed by atoms with Crippen molar-refractivity contribution in [3.63, 3.8) is 0 Å². The zero-order valence-electron chi connectivity index (χ0n) is 24.4. The van der Waals surface area contributed by atoms with E-state index < -0.39 is 0 Å². The van der Waals surface area contributed by atoms with Crippen molar-refractivity contribution in [1.29, 1.82) is 0 Å². The maximum atomic E-state index is 6.64. The zero-order valence-corrected chi connectivity index (χ0v) is 24.4. The predicted molar refractivity (Wildman–Crippen MR) is 190 cm³/mol. The smallest absolute Gasteiger partial charge is 0.143 e. The van der Waals surface area contributed by atoms with Crippen LogP contribution in [0.15, 0.2) is 158 Å². The fraction of sp³-hybridized carbons (Fsp3) is 0. The molecule has 0 unspecified atom stereocenters. The Labute approximate surface area is 260 Å². The second-order valence-corrected chi connectivity index (χ2v) is 12.0. The molecule has 1 heterocycles. The lowest BCUT2D eigenvalue weighted by Gasteiger charge is -2.24. The van der Waals surface area contributed by atoms with Gasteiger partial charge in [0, 0.05) is 16.3 Å². The molecule has 0 bridgehead atoms. The average molecular weight is 571 g/mol. The standard InChI is InChI=1S/C44H26O/c1-4-11-32-27(8-1)20-22-38-40(32)26-31-10-3-5-12-34(31)42(38)30-18-16-29(17-19-30)33-24-25-41-43-36(33)14-7-15-37(43)39-23-21-28-9-2-6-13-35(28)44(39)45-41/h1-26H. The van der Waals surface area contributed by atoms with Crippen LogP contribution in [-0.4, -0.2) is 0 Å². The van der Waals surface area contributed by atoms with Gasteiger partial charge >= 0.3 is 0 Å². The molecule has 0 radical (unpaired) electrons. The van der Waals surface area contributed by atoms with Gasteiger partial charge in [0.1, 0.15) is 11.5 Å². The van der Waals surface area contributed by atoms with Gasteiger partial charge < -0.3 is 4.74 Å². The van der Waals surface area contributed by atoms with Crippen LogP contribution in [0.5, 0.6) is 11.5 Å². The van der Waals surface area contributed by atoms with Crippen molar-refractivity contribution in [2.75, 3.05) is 0 Å². The van der Waals surface area contributed by atoms with Crippen molar-refractivity contribution >= 4 is 53.9 Å². The maximum absolute atomic E-state index is 6.64. The van der Waals surface area contributed by atoms with E-state index in [1.165, 1.54) is 76.3 Å². The lowest BCUT2D eigenvalue weighted by Crippen LogP contribution is -1.98. The Morgan fingerprint density at radius 3 is 1.82 bits per heavy atom. The fourth-order valence-corrected chi connectivity index (χ4v) is 7.56. The highest BCUT2D eigenvalue weighted by Crippen LogP contribution is 2.51. The van der Waals surface area contributed by atoms with Gasteiger partial charge in [-0.25, -0.2) is 0 Å². The maximum Gasteiger partial charge on any atom is 0.143 e. The number of hydrogen-bond acceptors (Lipinski definition) is 1. The summed E-state index contributed by atoms with van der Waals surface area (Å²) in [6.45, 7) is 0. The van der Waals surface area contributed by atoms with Gasteiger partial charge in [0.2, 0.25) is 0 Å². The van der Waals surface area contributed by atoms with Gasteiger partial charge in [-0.2, -0.15) is 0 Å². The highest BCUT2D eigenvalue weighted by Gasteiger charge is 2.23. The lowest BCUT2D eigenvalue weighted by atomic mass is 9.88. The molecule has 0 amide bonds. The first-order chi connectivity index (χ1) is 22.3. The molecule has 1 aliphatic rings.